The second-order valence-electron chi connectivity index (χ2n) is 4.76. The van der Waals surface area contributed by atoms with Gasteiger partial charge in [0.1, 0.15) is 5.78 Å². The van der Waals surface area contributed by atoms with E-state index in [1.54, 1.807) is 0 Å². The lowest BCUT2D eigenvalue weighted by atomic mass is 9.72. The Bertz CT molecular complexity index is 181. The Kier molecular flexibility index (Phi) is 2.97. The van der Waals surface area contributed by atoms with Crippen molar-refractivity contribution in [1.82, 2.24) is 0 Å². The molecule has 0 saturated heterocycles. The van der Waals surface area contributed by atoms with Gasteiger partial charge in [-0.2, -0.15) is 0 Å². The third-order valence-electron chi connectivity index (χ3n) is 2.63. The lowest BCUT2D eigenvalue weighted by Crippen LogP contribution is -2.34. The molecule has 2 unspecified atom stereocenters. The molecule has 0 aliphatic heterocycles. The fraction of sp³-hybridized carbons (Fsp3) is 0.900. The van der Waals surface area contributed by atoms with Crippen LogP contribution in [0.3, 0.4) is 0 Å². The molecule has 0 aromatic carbocycles. The molecule has 1 fully saturated rings. The Labute approximate surface area is 83.0 Å². The molecule has 0 aromatic rings. The Morgan fingerprint density at radius 1 is 1.42 bits per heavy atom. The van der Waals surface area contributed by atoms with E-state index in [1.165, 1.54) is 0 Å². The van der Waals surface area contributed by atoms with Crippen LogP contribution < -0.4 is 0 Å². The summed E-state index contributed by atoms with van der Waals surface area (Å²) in [5, 5.41) is 0. The van der Waals surface area contributed by atoms with E-state index in [1.807, 2.05) is 0 Å². The molecule has 0 N–H and O–H groups in total. The van der Waals surface area contributed by atoms with Crippen molar-refractivity contribution in [3.63, 3.8) is 0 Å². The number of alkyl halides is 1. The highest BCUT2D eigenvalue weighted by Gasteiger charge is 2.35. The molecule has 2 atom stereocenters. The Morgan fingerprint density at radius 2 is 2.00 bits per heavy atom. The van der Waals surface area contributed by atoms with Gasteiger partial charge in [-0.15, -0.1) is 0 Å². The first-order valence-corrected chi connectivity index (χ1v) is 5.49. The molecule has 2 heteroatoms. The monoisotopic (exact) mass is 232 g/mol. The van der Waals surface area contributed by atoms with E-state index in [9.17, 15) is 4.79 Å². The number of rotatable bonds is 0. The van der Waals surface area contributed by atoms with E-state index < -0.39 is 0 Å². The molecule has 0 spiro atoms. The molecule has 0 radical (unpaired) electrons. The lowest BCUT2D eigenvalue weighted by molar-refractivity contribution is -0.127. The van der Waals surface area contributed by atoms with Crippen LogP contribution in [0.4, 0.5) is 0 Å². The normalized spacial score (nSPS) is 32.2. The SMILES string of the molecule is CC(C)(C)C1CC(Br)CCC1=O. The van der Waals surface area contributed by atoms with Crippen molar-refractivity contribution in [3.8, 4) is 0 Å². The van der Waals surface area contributed by atoms with Gasteiger partial charge in [0, 0.05) is 17.2 Å². The standard InChI is InChI=1S/C10H17BrO/c1-10(2,3)8-6-7(11)4-5-9(8)12/h7-8H,4-6H2,1-3H3. The van der Waals surface area contributed by atoms with E-state index >= 15 is 0 Å². The van der Waals surface area contributed by atoms with Crippen molar-refractivity contribution in [1.29, 1.82) is 0 Å². The van der Waals surface area contributed by atoms with Crippen LogP contribution in [0.5, 0.6) is 0 Å². The van der Waals surface area contributed by atoms with E-state index in [-0.39, 0.29) is 11.3 Å². The zero-order valence-corrected chi connectivity index (χ0v) is 9.65. The van der Waals surface area contributed by atoms with Gasteiger partial charge in [0.05, 0.1) is 0 Å². The summed E-state index contributed by atoms with van der Waals surface area (Å²) in [6.07, 6.45) is 2.80. The molecule has 0 amide bonds. The molecule has 0 bridgehead atoms. The van der Waals surface area contributed by atoms with Crippen LogP contribution in [0.1, 0.15) is 40.0 Å². The van der Waals surface area contributed by atoms with Gasteiger partial charge in [0.2, 0.25) is 0 Å². The molecular weight excluding hydrogens is 216 g/mol. The van der Waals surface area contributed by atoms with Crippen LogP contribution in [0.15, 0.2) is 0 Å². The molecule has 1 aliphatic rings. The first kappa shape index (κ1) is 10.2. The third kappa shape index (κ3) is 2.32. The molecular formula is C10H17BrO. The van der Waals surface area contributed by atoms with Gasteiger partial charge in [-0.05, 0) is 18.3 Å². The van der Waals surface area contributed by atoms with Crippen molar-refractivity contribution < 1.29 is 4.79 Å². The fourth-order valence-electron chi connectivity index (χ4n) is 1.81. The highest BCUT2D eigenvalue weighted by molar-refractivity contribution is 9.09. The topological polar surface area (TPSA) is 17.1 Å². The number of Topliss-reactive ketones (excluding diaryl/α,β-unsaturated/α-hetero) is 1. The van der Waals surface area contributed by atoms with E-state index in [2.05, 4.69) is 36.7 Å². The molecule has 1 nitrogen and oxygen atoms in total. The van der Waals surface area contributed by atoms with Crippen LogP contribution in [0.2, 0.25) is 0 Å². The molecule has 1 aliphatic carbocycles. The fourth-order valence-corrected chi connectivity index (χ4v) is 2.42. The molecule has 1 saturated carbocycles. The van der Waals surface area contributed by atoms with E-state index in [0.29, 0.717) is 10.6 Å². The maximum Gasteiger partial charge on any atom is 0.136 e. The summed E-state index contributed by atoms with van der Waals surface area (Å²) < 4.78 is 0. The smallest absolute Gasteiger partial charge is 0.136 e. The first-order valence-electron chi connectivity index (χ1n) is 4.58. The van der Waals surface area contributed by atoms with Gasteiger partial charge in [0.25, 0.3) is 0 Å². The molecule has 0 heterocycles. The van der Waals surface area contributed by atoms with Gasteiger partial charge in [-0.25, -0.2) is 0 Å². The Morgan fingerprint density at radius 3 is 2.42 bits per heavy atom. The van der Waals surface area contributed by atoms with Gasteiger partial charge in [-0.3, -0.25) is 4.79 Å². The summed E-state index contributed by atoms with van der Waals surface area (Å²) in [6, 6.07) is 0. The van der Waals surface area contributed by atoms with Crippen molar-refractivity contribution in [2.45, 2.75) is 44.9 Å². The van der Waals surface area contributed by atoms with E-state index in [0.717, 1.165) is 19.3 Å². The number of ketones is 1. The summed E-state index contributed by atoms with van der Waals surface area (Å²) in [4.78, 5) is 12.1. The average molecular weight is 233 g/mol. The zero-order chi connectivity index (χ0) is 9.35. The third-order valence-corrected chi connectivity index (χ3v) is 3.46. The summed E-state index contributed by atoms with van der Waals surface area (Å²) in [7, 11) is 0. The minimum Gasteiger partial charge on any atom is -0.299 e. The molecule has 0 aromatic heterocycles. The highest BCUT2D eigenvalue weighted by atomic mass is 79.9. The number of halogens is 1. The van der Waals surface area contributed by atoms with Crippen molar-refractivity contribution in [3.05, 3.63) is 0 Å². The predicted molar refractivity (Wildman–Crippen MR) is 54.5 cm³/mol. The molecule has 1 rings (SSSR count). The van der Waals surface area contributed by atoms with Crippen molar-refractivity contribution in [2.75, 3.05) is 0 Å². The maximum absolute atomic E-state index is 11.6. The largest absolute Gasteiger partial charge is 0.299 e. The number of hydrogen-bond acceptors (Lipinski definition) is 1. The zero-order valence-electron chi connectivity index (χ0n) is 8.06. The van der Waals surface area contributed by atoms with Crippen molar-refractivity contribution >= 4 is 21.7 Å². The molecule has 12 heavy (non-hydrogen) atoms. The first-order chi connectivity index (χ1) is 5.41. The quantitative estimate of drug-likeness (QED) is 0.587. The second kappa shape index (κ2) is 3.49. The van der Waals surface area contributed by atoms with Crippen LogP contribution in [-0.2, 0) is 4.79 Å². The second-order valence-corrected chi connectivity index (χ2v) is 6.05. The summed E-state index contributed by atoms with van der Waals surface area (Å²) >= 11 is 3.60. The lowest BCUT2D eigenvalue weighted by Gasteiger charge is -2.34. The summed E-state index contributed by atoms with van der Waals surface area (Å²) in [6.45, 7) is 6.46. The number of hydrogen-bond donors (Lipinski definition) is 0. The average Bonchev–Trinajstić information content (AvgIpc) is 1.92. The van der Waals surface area contributed by atoms with Gasteiger partial charge >= 0.3 is 0 Å². The van der Waals surface area contributed by atoms with Gasteiger partial charge in [0.15, 0.2) is 0 Å². The maximum atomic E-state index is 11.6. The van der Waals surface area contributed by atoms with E-state index in [4.69, 9.17) is 0 Å². The van der Waals surface area contributed by atoms with Gasteiger partial charge in [-0.1, -0.05) is 36.7 Å². The highest BCUT2D eigenvalue weighted by Crippen LogP contribution is 2.37. The van der Waals surface area contributed by atoms with Gasteiger partial charge < -0.3 is 0 Å². The summed E-state index contributed by atoms with van der Waals surface area (Å²) in [5.74, 6) is 0.717. The summed E-state index contributed by atoms with van der Waals surface area (Å²) in [5.41, 5.74) is 0.142. The Hall–Kier alpha value is 0.150. The van der Waals surface area contributed by atoms with Crippen LogP contribution in [-0.4, -0.2) is 10.6 Å². The van der Waals surface area contributed by atoms with Crippen molar-refractivity contribution in [2.24, 2.45) is 11.3 Å². The van der Waals surface area contributed by atoms with Crippen LogP contribution >= 0.6 is 15.9 Å². The minimum absolute atomic E-state index is 0.142. The predicted octanol–water partition coefficient (Wildman–Crippen LogP) is 3.17. The van der Waals surface area contributed by atoms with Crippen LogP contribution in [0.25, 0.3) is 0 Å². The Balaban J connectivity index is 2.68. The number of carbonyl (C=O) groups is 1. The van der Waals surface area contributed by atoms with Crippen LogP contribution in [0, 0.1) is 11.3 Å². The molecule has 70 valence electrons. The number of carbonyl (C=O) groups excluding carboxylic acids is 1. The minimum atomic E-state index is 0.142.